The molecule has 20 heavy (non-hydrogen) atoms. The Labute approximate surface area is 123 Å². The predicted octanol–water partition coefficient (Wildman–Crippen LogP) is 3.31. The topological polar surface area (TPSA) is 85.1 Å². The quantitative estimate of drug-likeness (QED) is 0.529. The van der Waals surface area contributed by atoms with E-state index < -0.39 is 10.8 Å². The van der Waals surface area contributed by atoms with Gasteiger partial charge < -0.3 is 5.32 Å². The summed E-state index contributed by atoms with van der Waals surface area (Å²) in [4.78, 5) is 26.4. The van der Waals surface area contributed by atoms with E-state index in [1.165, 1.54) is 6.07 Å². The van der Waals surface area contributed by atoms with E-state index in [1.807, 2.05) is 0 Å². The lowest BCUT2D eigenvalue weighted by molar-refractivity contribution is -0.385. The second-order valence-electron chi connectivity index (χ2n) is 4.05. The molecule has 1 heterocycles. The Morgan fingerprint density at radius 2 is 2.15 bits per heavy atom. The summed E-state index contributed by atoms with van der Waals surface area (Å²) in [5.41, 5.74) is 1.15. The second kappa shape index (κ2) is 5.79. The number of pyridine rings is 1. The highest BCUT2D eigenvalue weighted by Gasteiger charge is 2.15. The SMILES string of the molecule is Cc1ccc(C(=O)Nc2cccnc2Br)cc1[N+](=O)[O-]. The Morgan fingerprint density at radius 3 is 2.80 bits per heavy atom. The van der Waals surface area contributed by atoms with E-state index in [-0.39, 0.29) is 11.3 Å². The van der Waals surface area contributed by atoms with E-state index in [0.717, 1.165) is 0 Å². The van der Waals surface area contributed by atoms with Gasteiger partial charge in [-0.15, -0.1) is 0 Å². The van der Waals surface area contributed by atoms with Crippen molar-refractivity contribution in [3.05, 3.63) is 62.4 Å². The number of rotatable bonds is 3. The monoisotopic (exact) mass is 335 g/mol. The van der Waals surface area contributed by atoms with Crippen molar-refractivity contribution in [2.24, 2.45) is 0 Å². The molecule has 0 fully saturated rings. The Hall–Kier alpha value is -2.28. The first kappa shape index (κ1) is 14.1. The van der Waals surface area contributed by atoms with E-state index in [1.54, 1.807) is 37.4 Å². The number of aromatic nitrogens is 1. The van der Waals surface area contributed by atoms with Crippen molar-refractivity contribution in [1.82, 2.24) is 4.98 Å². The lowest BCUT2D eigenvalue weighted by Crippen LogP contribution is -2.13. The molecule has 2 rings (SSSR count). The summed E-state index contributed by atoms with van der Waals surface area (Å²) in [6.07, 6.45) is 1.58. The maximum atomic E-state index is 12.1. The normalized spacial score (nSPS) is 10.1. The number of aryl methyl sites for hydroxylation is 1. The summed E-state index contributed by atoms with van der Waals surface area (Å²) in [7, 11) is 0. The minimum absolute atomic E-state index is 0.0806. The summed E-state index contributed by atoms with van der Waals surface area (Å²) in [6.45, 7) is 1.62. The van der Waals surface area contributed by atoms with E-state index in [0.29, 0.717) is 15.9 Å². The molecule has 1 aromatic heterocycles. The number of nitro groups is 1. The van der Waals surface area contributed by atoms with Gasteiger partial charge in [0.05, 0.1) is 10.6 Å². The fourth-order valence-corrected chi connectivity index (χ4v) is 1.97. The molecule has 0 atom stereocenters. The van der Waals surface area contributed by atoms with Crippen LogP contribution in [0, 0.1) is 17.0 Å². The standard InChI is InChI=1S/C13H10BrN3O3/c1-8-4-5-9(7-11(8)17(19)20)13(18)16-10-3-2-6-15-12(10)14/h2-7H,1H3,(H,16,18). The number of nitrogens with zero attached hydrogens (tertiary/aromatic N) is 2. The molecule has 6 nitrogen and oxygen atoms in total. The largest absolute Gasteiger partial charge is 0.320 e. The number of halogens is 1. The van der Waals surface area contributed by atoms with Crippen LogP contribution in [-0.4, -0.2) is 15.8 Å². The highest BCUT2D eigenvalue weighted by molar-refractivity contribution is 9.10. The van der Waals surface area contributed by atoms with Crippen molar-refractivity contribution >= 4 is 33.2 Å². The van der Waals surface area contributed by atoms with Crippen LogP contribution in [0.2, 0.25) is 0 Å². The minimum Gasteiger partial charge on any atom is -0.320 e. The molecule has 0 radical (unpaired) electrons. The molecule has 1 amide bonds. The number of nitrogens with one attached hydrogen (secondary N) is 1. The molecule has 0 aliphatic rings. The molecule has 0 saturated carbocycles. The van der Waals surface area contributed by atoms with Crippen LogP contribution < -0.4 is 5.32 Å². The van der Waals surface area contributed by atoms with Crippen LogP contribution in [0.25, 0.3) is 0 Å². The minimum atomic E-state index is -0.508. The van der Waals surface area contributed by atoms with Gasteiger partial charge in [-0.3, -0.25) is 14.9 Å². The molecule has 0 saturated heterocycles. The molecule has 0 spiro atoms. The molecule has 102 valence electrons. The number of anilines is 1. The molecule has 0 aliphatic carbocycles. The zero-order valence-corrected chi connectivity index (χ0v) is 12.0. The van der Waals surface area contributed by atoms with Crippen molar-refractivity contribution in [2.45, 2.75) is 6.92 Å². The first-order valence-corrected chi connectivity index (χ1v) is 6.45. The van der Waals surface area contributed by atoms with Gasteiger partial charge in [-0.1, -0.05) is 6.07 Å². The average molecular weight is 336 g/mol. The molecule has 2 aromatic rings. The summed E-state index contributed by atoms with van der Waals surface area (Å²) in [5, 5.41) is 13.5. The van der Waals surface area contributed by atoms with Crippen LogP contribution in [0.1, 0.15) is 15.9 Å². The predicted molar refractivity (Wildman–Crippen MR) is 77.7 cm³/mol. The lowest BCUT2D eigenvalue weighted by Gasteiger charge is -2.07. The third kappa shape index (κ3) is 3.00. The maximum absolute atomic E-state index is 12.1. The third-order valence-corrected chi connectivity index (χ3v) is 3.31. The van der Waals surface area contributed by atoms with Gasteiger partial charge in [-0.05, 0) is 41.1 Å². The average Bonchev–Trinajstić information content (AvgIpc) is 2.41. The van der Waals surface area contributed by atoms with Crippen molar-refractivity contribution in [3.63, 3.8) is 0 Å². The fraction of sp³-hybridized carbons (Fsp3) is 0.0769. The van der Waals surface area contributed by atoms with Gasteiger partial charge in [-0.25, -0.2) is 4.98 Å². The van der Waals surface area contributed by atoms with Crippen LogP contribution in [0.4, 0.5) is 11.4 Å². The van der Waals surface area contributed by atoms with Crippen LogP contribution in [0.3, 0.4) is 0 Å². The Bertz CT molecular complexity index is 688. The highest BCUT2D eigenvalue weighted by atomic mass is 79.9. The van der Waals surface area contributed by atoms with Crippen molar-refractivity contribution in [1.29, 1.82) is 0 Å². The van der Waals surface area contributed by atoms with Gasteiger partial charge in [0.2, 0.25) is 0 Å². The van der Waals surface area contributed by atoms with Crippen LogP contribution in [0.5, 0.6) is 0 Å². The van der Waals surface area contributed by atoms with Gasteiger partial charge in [0.15, 0.2) is 0 Å². The van der Waals surface area contributed by atoms with Crippen LogP contribution >= 0.6 is 15.9 Å². The summed E-state index contributed by atoms with van der Waals surface area (Å²) in [6, 6.07) is 7.71. The first-order valence-electron chi connectivity index (χ1n) is 5.66. The maximum Gasteiger partial charge on any atom is 0.273 e. The van der Waals surface area contributed by atoms with E-state index in [9.17, 15) is 14.9 Å². The van der Waals surface area contributed by atoms with Crippen molar-refractivity contribution < 1.29 is 9.72 Å². The molecular weight excluding hydrogens is 326 g/mol. The molecule has 1 N–H and O–H groups in total. The Morgan fingerprint density at radius 1 is 1.40 bits per heavy atom. The molecule has 0 unspecified atom stereocenters. The third-order valence-electron chi connectivity index (χ3n) is 2.68. The lowest BCUT2D eigenvalue weighted by atomic mass is 10.1. The number of amides is 1. The number of benzene rings is 1. The van der Waals surface area contributed by atoms with Gasteiger partial charge in [0, 0.05) is 23.4 Å². The number of carbonyl (C=O) groups excluding carboxylic acids is 1. The fourth-order valence-electron chi connectivity index (χ4n) is 1.62. The number of hydrogen-bond donors (Lipinski definition) is 1. The zero-order valence-electron chi connectivity index (χ0n) is 10.5. The molecule has 0 aliphatic heterocycles. The van der Waals surface area contributed by atoms with E-state index in [4.69, 9.17) is 0 Å². The van der Waals surface area contributed by atoms with Gasteiger partial charge in [0.1, 0.15) is 4.60 Å². The molecule has 7 heteroatoms. The summed E-state index contributed by atoms with van der Waals surface area (Å²) < 4.78 is 0.495. The van der Waals surface area contributed by atoms with Gasteiger partial charge in [-0.2, -0.15) is 0 Å². The van der Waals surface area contributed by atoms with Crippen LogP contribution in [-0.2, 0) is 0 Å². The molecular formula is C13H10BrN3O3. The van der Waals surface area contributed by atoms with Gasteiger partial charge >= 0.3 is 0 Å². The Kier molecular flexibility index (Phi) is 4.09. The van der Waals surface area contributed by atoms with Gasteiger partial charge in [0.25, 0.3) is 11.6 Å². The van der Waals surface area contributed by atoms with E-state index >= 15 is 0 Å². The first-order chi connectivity index (χ1) is 9.49. The number of hydrogen-bond acceptors (Lipinski definition) is 4. The smallest absolute Gasteiger partial charge is 0.273 e. The molecule has 0 bridgehead atoms. The second-order valence-corrected chi connectivity index (χ2v) is 4.81. The number of nitro benzene ring substituents is 1. The molecule has 1 aromatic carbocycles. The Balaban J connectivity index is 2.28. The van der Waals surface area contributed by atoms with Crippen LogP contribution in [0.15, 0.2) is 41.1 Å². The summed E-state index contributed by atoms with van der Waals surface area (Å²) in [5.74, 6) is -0.429. The van der Waals surface area contributed by atoms with Crippen molar-refractivity contribution in [2.75, 3.05) is 5.32 Å². The highest BCUT2D eigenvalue weighted by Crippen LogP contribution is 2.22. The summed E-state index contributed by atoms with van der Waals surface area (Å²) >= 11 is 3.21. The number of carbonyl (C=O) groups is 1. The zero-order chi connectivity index (χ0) is 14.7. The van der Waals surface area contributed by atoms with Crippen molar-refractivity contribution in [3.8, 4) is 0 Å². The van der Waals surface area contributed by atoms with E-state index in [2.05, 4.69) is 26.2 Å².